The van der Waals surface area contributed by atoms with Crippen molar-refractivity contribution in [2.24, 2.45) is 0 Å². The molecule has 32 heavy (non-hydrogen) atoms. The fraction of sp³-hybridized carbons (Fsp3) is 0.318. The highest BCUT2D eigenvalue weighted by atomic mass is 16.7. The number of benzene rings is 2. The van der Waals surface area contributed by atoms with Gasteiger partial charge >= 0.3 is 5.63 Å². The number of fused-ring (bicyclic) bond motifs is 1. The molecule has 4 rings (SSSR count). The van der Waals surface area contributed by atoms with Gasteiger partial charge in [-0.05, 0) is 17.7 Å². The average molecular weight is 446 g/mol. The number of rotatable bonds is 6. The van der Waals surface area contributed by atoms with Crippen LogP contribution in [0.1, 0.15) is 5.56 Å². The molecule has 1 aliphatic rings. The van der Waals surface area contributed by atoms with Crippen molar-refractivity contribution in [3.63, 3.8) is 0 Å². The minimum atomic E-state index is -1.72. The van der Waals surface area contributed by atoms with E-state index in [9.17, 15) is 30.3 Å². The summed E-state index contributed by atoms with van der Waals surface area (Å²) in [5, 5.41) is 49.7. The smallest absolute Gasteiger partial charge is 0.382 e. The van der Waals surface area contributed by atoms with Crippen LogP contribution < -0.4 is 15.1 Å². The molecule has 2 aromatic carbocycles. The van der Waals surface area contributed by atoms with Gasteiger partial charge in [0.25, 0.3) is 0 Å². The zero-order chi connectivity index (χ0) is 22.8. The van der Waals surface area contributed by atoms with Gasteiger partial charge in [0.15, 0.2) is 5.75 Å². The topological polar surface area (TPSA) is 159 Å². The third kappa shape index (κ3) is 4.27. The molecule has 5 N–H and O–H groups in total. The maximum absolute atomic E-state index is 12.1. The average Bonchev–Trinajstić information content (AvgIpc) is 2.81. The first-order valence-corrected chi connectivity index (χ1v) is 9.82. The van der Waals surface area contributed by atoms with Gasteiger partial charge < -0.3 is 44.2 Å². The monoisotopic (exact) mass is 446 g/mol. The molecule has 0 spiro atoms. The summed E-state index contributed by atoms with van der Waals surface area (Å²) in [5.74, 6) is -0.823. The normalized spacial score (nSPS) is 25.6. The van der Waals surface area contributed by atoms with Crippen molar-refractivity contribution >= 4 is 11.0 Å². The lowest BCUT2D eigenvalue weighted by Gasteiger charge is -2.39. The molecule has 1 aromatic heterocycles. The lowest BCUT2D eigenvalue weighted by molar-refractivity contribution is -0.277. The van der Waals surface area contributed by atoms with Crippen LogP contribution in [0.15, 0.2) is 57.7 Å². The van der Waals surface area contributed by atoms with E-state index < -0.39 is 48.7 Å². The number of aromatic hydroxyl groups is 1. The summed E-state index contributed by atoms with van der Waals surface area (Å²) in [4.78, 5) is 12.1. The molecule has 0 saturated carbocycles. The second kappa shape index (κ2) is 9.15. The Morgan fingerprint density at radius 3 is 2.44 bits per heavy atom. The summed E-state index contributed by atoms with van der Waals surface area (Å²) in [6.45, 7) is -0.376. The minimum absolute atomic E-state index is 0.0398. The van der Waals surface area contributed by atoms with Gasteiger partial charge in [0, 0.05) is 6.07 Å². The Kier molecular flexibility index (Phi) is 6.31. The zero-order valence-electron chi connectivity index (χ0n) is 16.7. The van der Waals surface area contributed by atoms with E-state index in [2.05, 4.69) is 0 Å². The maximum Gasteiger partial charge on any atom is 0.382 e. The Morgan fingerprint density at radius 2 is 1.72 bits per heavy atom. The van der Waals surface area contributed by atoms with E-state index in [0.717, 1.165) is 5.56 Å². The van der Waals surface area contributed by atoms with E-state index in [1.54, 1.807) is 6.07 Å². The van der Waals surface area contributed by atoms with Crippen molar-refractivity contribution in [1.82, 2.24) is 0 Å². The first-order chi connectivity index (χ1) is 15.4. The fourth-order valence-corrected chi connectivity index (χ4v) is 3.37. The van der Waals surface area contributed by atoms with Crippen LogP contribution in [0, 0.1) is 0 Å². The van der Waals surface area contributed by atoms with Crippen LogP contribution in [0.4, 0.5) is 0 Å². The lowest BCUT2D eigenvalue weighted by atomic mass is 9.99. The van der Waals surface area contributed by atoms with Gasteiger partial charge in [-0.1, -0.05) is 30.3 Å². The van der Waals surface area contributed by atoms with E-state index in [4.69, 9.17) is 18.6 Å². The highest BCUT2D eigenvalue weighted by Gasteiger charge is 2.45. The molecular weight excluding hydrogens is 424 g/mol. The summed E-state index contributed by atoms with van der Waals surface area (Å²) in [6.07, 6.45) is -7.79. The van der Waals surface area contributed by atoms with Gasteiger partial charge in [-0.25, -0.2) is 4.79 Å². The molecule has 2 heterocycles. The predicted molar refractivity (Wildman–Crippen MR) is 109 cm³/mol. The van der Waals surface area contributed by atoms with Crippen LogP contribution in [-0.2, 0) is 11.3 Å². The van der Waals surface area contributed by atoms with Crippen LogP contribution in [0.25, 0.3) is 11.0 Å². The van der Waals surface area contributed by atoms with Crippen LogP contribution >= 0.6 is 0 Å². The van der Waals surface area contributed by atoms with Gasteiger partial charge in [-0.15, -0.1) is 0 Å². The van der Waals surface area contributed by atoms with Crippen molar-refractivity contribution in [1.29, 1.82) is 0 Å². The van der Waals surface area contributed by atoms with E-state index in [1.807, 2.05) is 30.3 Å². The molecule has 1 aliphatic heterocycles. The fourth-order valence-electron chi connectivity index (χ4n) is 3.37. The summed E-state index contributed by atoms with van der Waals surface area (Å²) >= 11 is 0. The molecule has 0 unspecified atom stereocenters. The minimum Gasteiger partial charge on any atom is -0.499 e. The van der Waals surface area contributed by atoms with E-state index in [0.29, 0.717) is 5.75 Å². The molecular formula is C22H22O10. The molecule has 0 aliphatic carbocycles. The Hall–Kier alpha value is -3.15. The highest BCUT2D eigenvalue weighted by Crippen LogP contribution is 2.36. The summed E-state index contributed by atoms with van der Waals surface area (Å²) in [5.41, 5.74) is -0.123. The zero-order valence-corrected chi connectivity index (χ0v) is 16.7. The van der Waals surface area contributed by atoms with Crippen molar-refractivity contribution in [3.8, 4) is 17.2 Å². The number of ether oxygens (including phenoxy) is 3. The van der Waals surface area contributed by atoms with Crippen molar-refractivity contribution in [3.05, 3.63) is 64.5 Å². The molecule has 170 valence electrons. The summed E-state index contributed by atoms with van der Waals surface area (Å²) in [6, 6.07) is 13.9. The van der Waals surface area contributed by atoms with Crippen molar-refractivity contribution in [2.75, 3.05) is 6.61 Å². The first-order valence-electron chi connectivity index (χ1n) is 9.82. The quantitative estimate of drug-likeness (QED) is 0.332. The van der Waals surface area contributed by atoms with E-state index in [1.165, 1.54) is 12.1 Å². The van der Waals surface area contributed by atoms with Crippen LogP contribution in [0.2, 0.25) is 0 Å². The van der Waals surface area contributed by atoms with Gasteiger partial charge in [-0.3, -0.25) is 0 Å². The number of aliphatic hydroxyl groups is 4. The molecule has 0 radical (unpaired) electrons. The Balaban J connectivity index is 1.62. The second-order valence-electron chi connectivity index (χ2n) is 7.31. The Labute approximate surface area is 181 Å². The lowest BCUT2D eigenvalue weighted by Crippen LogP contribution is -2.60. The van der Waals surface area contributed by atoms with Gasteiger partial charge in [-0.2, -0.15) is 0 Å². The third-order valence-electron chi connectivity index (χ3n) is 5.14. The van der Waals surface area contributed by atoms with Crippen molar-refractivity contribution in [2.45, 2.75) is 37.3 Å². The third-order valence-corrected chi connectivity index (χ3v) is 5.14. The molecule has 5 atom stereocenters. The van der Waals surface area contributed by atoms with Crippen LogP contribution in [0.5, 0.6) is 17.2 Å². The number of hydrogen-bond acceptors (Lipinski definition) is 10. The standard InChI is InChI=1S/C22H22O10/c23-9-15-16(24)17(25)18(26)22(31-15)32-20-13-7-6-12(8-14(13)30-21(28)19(20)27)29-10-11-4-2-1-3-5-11/h1-8,15-18,22-27H,9-10H2/t15-,16-,17+,18+,22+/m1/s1. The highest BCUT2D eigenvalue weighted by molar-refractivity contribution is 5.86. The summed E-state index contributed by atoms with van der Waals surface area (Å²) < 4.78 is 21.6. The predicted octanol–water partition coefficient (Wildman–Crippen LogP) is 0.256. The van der Waals surface area contributed by atoms with Gasteiger partial charge in [0.2, 0.25) is 12.0 Å². The van der Waals surface area contributed by atoms with Crippen molar-refractivity contribution < 1.29 is 44.2 Å². The largest absolute Gasteiger partial charge is 0.499 e. The molecule has 3 aromatic rings. The molecule has 10 nitrogen and oxygen atoms in total. The summed E-state index contributed by atoms with van der Waals surface area (Å²) in [7, 11) is 0. The Bertz CT molecular complexity index is 1130. The number of hydrogen-bond donors (Lipinski definition) is 5. The first kappa shape index (κ1) is 22.1. The molecule has 1 saturated heterocycles. The molecule has 10 heteroatoms. The number of aliphatic hydroxyl groups excluding tert-OH is 4. The maximum atomic E-state index is 12.1. The van der Waals surface area contributed by atoms with Crippen LogP contribution in [0.3, 0.4) is 0 Å². The second-order valence-corrected chi connectivity index (χ2v) is 7.31. The van der Waals surface area contributed by atoms with E-state index >= 15 is 0 Å². The van der Waals surface area contributed by atoms with Gasteiger partial charge in [0.05, 0.1) is 12.0 Å². The Morgan fingerprint density at radius 1 is 0.969 bits per heavy atom. The molecule has 1 fully saturated rings. The molecule has 0 bridgehead atoms. The molecule has 0 amide bonds. The van der Waals surface area contributed by atoms with Crippen LogP contribution in [-0.4, -0.2) is 62.8 Å². The van der Waals surface area contributed by atoms with E-state index in [-0.39, 0.29) is 23.3 Å². The van der Waals surface area contributed by atoms with Gasteiger partial charge in [0.1, 0.15) is 42.4 Å². The SMILES string of the molecule is O=c1oc2cc(OCc3ccccc3)ccc2c(O[C@@H]2O[C@H](CO)[C@@H](O)[C@H](O)[C@@H]2O)c1O.